The molecule has 2 unspecified atom stereocenters. The maximum atomic E-state index is 12.5. The lowest BCUT2D eigenvalue weighted by Gasteiger charge is -2.37. The molecule has 1 amide bonds. The van der Waals surface area contributed by atoms with Crippen molar-refractivity contribution in [2.24, 2.45) is 0 Å². The van der Waals surface area contributed by atoms with Crippen molar-refractivity contribution in [2.45, 2.75) is 94.8 Å². The van der Waals surface area contributed by atoms with Crippen molar-refractivity contribution >= 4 is 6.09 Å². The van der Waals surface area contributed by atoms with Gasteiger partial charge in [-0.15, -0.1) is 0 Å². The van der Waals surface area contributed by atoms with Crippen molar-refractivity contribution in [3.63, 3.8) is 0 Å². The van der Waals surface area contributed by atoms with E-state index in [-0.39, 0.29) is 26.1 Å². The standard InChI is InChI=1S/C35H52N2O10/c1-35(2,3)47-34(42)36(4)17-11-18-37(21-26(38)20-30-28(40)23-44-33(46-30)25-14-9-6-10-15-25)22-27(39)31(41)29-16-19-43-32(45-29)24-12-7-5-8-13-24/h5-10,12-15,26-33,38-41H,11,16-23H2,1-4H3/t26-,27+,28-,29-,30+,31-,32?,33?/m1/s1. The number of carbonyl (C=O) groups is 1. The van der Waals surface area contributed by atoms with Crippen LogP contribution in [0.15, 0.2) is 60.7 Å². The third-order valence-corrected chi connectivity index (χ3v) is 8.13. The third-order valence-electron chi connectivity index (χ3n) is 8.13. The Morgan fingerprint density at radius 1 is 0.915 bits per heavy atom. The average Bonchev–Trinajstić information content (AvgIpc) is 3.05. The Morgan fingerprint density at radius 3 is 2.15 bits per heavy atom. The number of ether oxygens (including phenoxy) is 5. The molecule has 0 spiro atoms. The summed E-state index contributed by atoms with van der Waals surface area (Å²) in [6.07, 6.45) is -6.29. The van der Waals surface area contributed by atoms with E-state index < -0.39 is 60.9 Å². The van der Waals surface area contributed by atoms with E-state index in [1.54, 1.807) is 27.8 Å². The largest absolute Gasteiger partial charge is 0.444 e. The summed E-state index contributed by atoms with van der Waals surface area (Å²) in [4.78, 5) is 15.8. The lowest BCUT2D eigenvalue weighted by atomic mass is 10.0. The van der Waals surface area contributed by atoms with Crippen LogP contribution in [-0.4, -0.2) is 125 Å². The summed E-state index contributed by atoms with van der Waals surface area (Å²) in [5.41, 5.74) is 1.02. The summed E-state index contributed by atoms with van der Waals surface area (Å²) in [5.74, 6) is 0. The predicted octanol–water partition coefficient (Wildman–Crippen LogP) is 3.00. The van der Waals surface area contributed by atoms with Crippen LogP contribution in [0.2, 0.25) is 0 Å². The van der Waals surface area contributed by atoms with Gasteiger partial charge in [-0.2, -0.15) is 0 Å². The fraction of sp³-hybridized carbons (Fsp3) is 0.629. The predicted molar refractivity (Wildman–Crippen MR) is 173 cm³/mol. The molecule has 2 fully saturated rings. The molecule has 2 aromatic carbocycles. The van der Waals surface area contributed by atoms with Gasteiger partial charge in [0.1, 0.15) is 17.8 Å². The zero-order chi connectivity index (χ0) is 34.0. The van der Waals surface area contributed by atoms with Gasteiger partial charge in [-0.3, -0.25) is 4.90 Å². The Bertz CT molecular complexity index is 1200. The van der Waals surface area contributed by atoms with Crippen molar-refractivity contribution in [1.29, 1.82) is 0 Å². The summed E-state index contributed by atoms with van der Waals surface area (Å²) >= 11 is 0. The number of amides is 1. The molecular formula is C35H52N2O10. The normalized spacial score (nSPS) is 25.6. The summed E-state index contributed by atoms with van der Waals surface area (Å²) < 4.78 is 29.0. The molecular weight excluding hydrogens is 608 g/mol. The van der Waals surface area contributed by atoms with Gasteiger partial charge in [0.15, 0.2) is 12.6 Å². The molecule has 0 aromatic heterocycles. The monoisotopic (exact) mass is 660 g/mol. The van der Waals surface area contributed by atoms with Crippen LogP contribution < -0.4 is 0 Å². The van der Waals surface area contributed by atoms with E-state index in [2.05, 4.69) is 0 Å². The minimum Gasteiger partial charge on any atom is -0.444 e. The molecule has 47 heavy (non-hydrogen) atoms. The number of benzene rings is 2. The van der Waals surface area contributed by atoms with E-state index in [4.69, 9.17) is 23.7 Å². The number of rotatable bonds is 14. The average molecular weight is 661 g/mol. The van der Waals surface area contributed by atoms with Crippen LogP contribution in [-0.2, 0) is 23.7 Å². The van der Waals surface area contributed by atoms with E-state index in [1.165, 1.54) is 4.90 Å². The Labute approximate surface area is 277 Å². The summed E-state index contributed by atoms with van der Waals surface area (Å²) in [5, 5.41) is 44.1. The van der Waals surface area contributed by atoms with Crippen molar-refractivity contribution in [2.75, 3.05) is 46.4 Å². The van der Waals surface area contributed by atoms with Gasteiger partial charge in [0.2, 0.25) is 0 Å². The number of nitrogens with zero attached hydrogens (tertiary/aromatic N) is 2. The molecule has 2 aliphatic heterocycles. The van der Waals surface area contributed by atoms with Gasteiger partial charge in [-0.1, -0.05) is 60.7 Å². The molecule has 8 atom stereocenters. The molecule has 12 heteroatoms. The third kappa shape index (κ3) is 11.8. The lowest BCUT2D eigenvalue weighted by molar-refractivity contribution is -0.261. The van der Waals surface area contributed by atoms with Crippen LogP contribution in [0.1, 0.15) is 63.7 Å². The van der Waals surface area contributed by atoms with E-state index in [1.807, 2.05) is 65.6 Å². The maximum absolute atomic E-state index is 12.5. The minimum absolute atomic E-state index is 0.0366. The van der Waals surface area contributed by atoms with E-state index in [9.17, 15) is 25.2 Å². The highest BCUT2D eigenvalue weighted by molar-refractivity contribution is 5.67. The van der Waals surface area contributed by atoms with Gasteiger partial charge in [0.05, 0.1) is 37.6 Å². The molecule has 2 aromatic rings. The van der Waals surface area contributed by atoms with Gasteiger partial charge in [0.25, 0.3) is 0 Å². The number of hydrogen-bond donors (Lipinski definition) is 4. The van der Waals surface area contributed by atoms with Crippen LogP contribution >= 0.6 is 0 Å². The van der Waals surface area contributed by atoms with Crippen LogP contribution in [0.3, 0.4) is 0 Å². The molecule has 262 valence electrons. The zero-order valence-corrected chi connectivity index (χ0v) is 27.9. The van der Waals surface area contributed by atoms with Crippen molar-refractivity contribution in [3.8, 4) is 0 Å². The number of aliphatic hydroxyl groups excluding tert-OH is 4. The highest BCUT2D eigenvalue weighted by atomic mass is 16.7. The second kappa shape index (κ2) is 17.7. The SMILES string of the molecule is CN(CCCN(C[C@H](O)C[C@@H]1OC(c2ccccc2)OC[C@H]1O)C[C@H](O)[C@@H](O)[C@H]1CCOC(c2ccccc2)O1)C(=O)OC(C)(C)C. The van der Waals surface area contributed by atoms with E-state index in [0.29, 0.717) is 32.5 Å². The number of carbonyl (C=O) groups excluding carboxylic acids is 1. The second-order valence-electron chi connectivity index (χ2n) is 13.4. The number of aliphatic hydroxyl groups is 4. The van der Waals surface area contributed by atoms with Crippen LogP contribution in [0, 0.1) is 0 Å². The smallest absolute Gasteiger partial charge is 0.410 e. The highest BCUT2D eigenvalue weighted by Gasteiger charge is 2.36. The summed E-state index contributed by atoms with van der Waals surface area (Å²) in [7, 11) is 1.66. The first-order chi connectivity index (χ1) is 22.4. The van der Waals surface area contributed by atoms with Gasteiger partial charge < -0.3 is 49.0 Å². The zero-order valence-electron chi connectivity index (χ0n) is 27.9. The first-order valence-electron chi connectivity index (χ1n) is 16.4. The summed E-state index contributed by atoms with van der Waals surface area (Å²) in [6, 6.07) is 18.8. The molecule has 0 radical (unpaired) electrons. The van der Waals surface area contributed by atoms with Gasteiger partial charge in [-0.25, -0.2) is 4.79 Å². The fourth-order valence-electron chi connectivity index (χ4n) is 5.65. The first kappa shape index (κ1) is 37.2. The fourth-order valence-corrected chi connectivity index (χ4v) is 5.65. The van der Waals surface area contributed by atoms with Crippen molar-refractivity contribution in [1.82, 2.24) is 9.80 Å². The van der Waals surface area contributed by atoms with Crippen LogP contribution in [0.5, 0.6) is 0 Å². The highest BCUT2D eigenvalue weighted by Crippen LogP contribution is 2.30. The van der Waals surface area contributed by atoms with Crippen LogP contribution in [0.4, 0.5) is 4.79 Å². The van der Waals surface area contributed by atoms with Crippen molar-refractivity contribution < 1.29 is 48.9 Å². The maximum Gasteiger partial charge on any atom is 0.410 e. The molecule has 2 heterocycles. The first-order valence-corrected chi connectivity index (χ1v) is 16.4. The molecule has 4 N–H and O–H groups in total. The van der Waals surface area contributed by atoms with E-state index >= 15 is 0 Å². The van der Waals surface area contributed by atoms with Gasteiger partial charge in [-0.05, 0) is 33.6 Å². The molecule has 4 rings (SSSR count). The molecule has 2 saturated heterocycles. The second-order valence-corrected chi connectivity index (χ2v) is 13.4. The molecule has 0 aliphatic carbocycles. The van der Waals surface area contributed by atoms with Gasteiger partial charge in [0, 0.05) is 50.8 Å². The molecule has 12 nitrogen and oxygen atoms in total. The Morgan fingerprint density at radius 2 is 1.53 bits per heavy atom. The van der Waals surface area contributed by atoms with Crippen LogP contribution in [0.25, 0.3) is 0 Å². The minimum atomic E-state index is -1.21. The Kier molecular flexibility index (Phi) is 14.0. The Balaban J connectivity index is 1.37. The molecule has 0 bridgehead atoms. The Hall–Kier alpha value is -2.65. The number of hydrogen-bond acceptors (Lipinski definition) is 11. The van der Waals surface area contributed by atoms with Gasteiger partial charge >= 0.3 is 6.09 Å². The summed E-state index contributed by atoms with van der Waals surface area (Å²) in [6.45, 7) is 6.80. The van der Waals surface area contributed by atoms with E-state index in [0.717, 1.165) is 11.1 Å². The lowest BCUT2D eigenvalue weighted by Crippen LogP contribution is -2.50. The molecule has 2 aliphatic rings. The quantitative estimate of drug-likeness (QED) is 0.237. The topological polar surface area (TPSA) is 151 Å². The molecule has 0 saturated carbocycles. The van der Waals surface area contributed by atoms with Crippen molar-refractivity contribution in [3.05, 3.63) is 71.8 Å².